The van der Waals surface area contributed by atoms with Gasteiger partial charge in [0.1, 0.15) is 12.1 Å². The minimum Gasteiger partial charge on any atom is -0.342 e. The molecule has 104 valence electrons. The number of nitrogens with zero attached hydrogens (tertiary/aromatic N) is 1. The minimum absolute atomic E-state index is 0.116. The Morgan fingerprint density at radius 3 is 2.11 bits per heavy atom. The first-order valence-corrected chi connectivity index (χ1v) is 6.14. The van der Waals surface area contributed by atoms with Crippen LogP contribution in [0.15, 0.2) is 0 Å². The highest BCUT2D eigenvalue weighted by molar-refractivity contribution is 5.97. The standard InChI is InChI=1S/C12H20F2N2O2/c1-6(2)9-12(18)16(5-8(13)14)10(7(3)4)11(17)15-9/h6-10H,5H2,1-4H3,(H,15,17). The van der Waals surface area contributed by atoms with Gasteiger partial charge in [-0.05, 0) is 11.8 Å². The van der Waals surface area contributed by atoms with Crippen molar-refractivity contribution in [1.29, 1.82) is 0 Å². The lowest BCUT2D eigenvalue weighted by Gasteiger charge is -2.41. The normalized spacial score (nSPS) is 25.3. The van der Waals surface area contributed by atoms with E-state index in [-0.39, 0.29) is 17.7 Å². The molecule has 4 nitrogen and oxygen atoms in total. The van der Waals surface area contributed by atoms with E-state index < -0.39 is 31.0 Å². The van der Waals surface area contributed by atoms with Crippen LogP contribution < -0.4 is 5.32 Å². The molecule has 6 heteroatoms. The van der Waals surface area contributed by atoms with E-state index in [9.17, 15) is 18.4 Å². The van der Waals surface area contributed by atoms with Gasteiger partial charge in [-0.25, -0.2) is 8.78 Å². The van der Waals surface area contributed by atoms with Crippen molar-refractivity contribution in [3.05, 3.63) is 0 Å². The molecule has 0 bridgehead atoms. The van der Waals surface area contributed by atoms with Crippen LogP contribution in [0.25, 0.3) is 0 Å². The van der Waals surface area contributed by atoms with Crippen molar-refractivity contribution in [2.75, 3.05) is 6.54 Å². The number of carbonyl (C=O) groups excluding carboxylic acids is 2. The Hall–Kier alpha value is -1.20. The predicted molar refractivity (Wildman–Crippen MR) is 63.1 cm³/mol. The molecule has 1 N–H and O–H groups in total. The summed E-state index contributed by atoms with van der Waals surface area (Å²) < 4.78 is 25.1. The van der Waals surface area contributed by atoms with Crippen molar-refractivity contribution in [3.63, 3.8) is 0 Å². The van der Waals surface area contributed by atoms with Crippen LogP contribution in [0, 0.1) is 11.8 Å². The molecule has 0 spiro atoms. The second kappa shape index (κ2) is 5.63. The fourth-order valence-electron chi connectivity index (χ4n) is 2.22. The molecular weight excluding hydrogens is 242 g/mol. The van der Waals surface area contributed by atoms with Crippen LogP contribution in [-0.4, -0.2) is 41.8 Å². The lowest BCUT2D eigenvalue weighted by atomic mass is 9.93. The topological polar surface area (TPSA) is 49.4 Å². The summed E-state index contributed by atoms with van der Waals surface area (Å²) in [6.07, 6.45) is -2.63. The second-order valence-electron chi connectivity index (χ2n) is 5.30. The zero-order chi connectivity index (χ0) is 14.0. The van der Waals surface area contributed by atoms with E-state index in [1.165, 1.54) is 0 Å². The molecule has 1 rings (SSSR count). The van der Waals surface area contributed by atoms with Crippen molar-refractivity contribution in [1.82, 2.24) is 10.2 Å². The Labute approximate surface area is 106 Å². The smallest absolute Gasteiger partial charge is 0.255 e. The number of halogens is 2. The first-order valence-electron chi connectivity index (χ1n) is 6.14. The number of rotatable bonds is 4. The van der Waals surface area contributed by atoms with Crippen LogP contribution in [0.3, 0.4) is 0 Å². The van der Waals surface area contributed by atoms with E-state index in [4.69, 9.17) is 0 Å². The molecule has 1 saturated heterocycles. The summed E-state index contributed by atoms with van der Waals surface area (Å²) >= 11 is 0. The molecule has 0 aliphatic carbocycles. The Kier molecular flexibility index (Phi) is 4.65. The lowest BCUT2D eigenvalue weighted by Crippen LogP contribution is -2.66. The van der Waals surface area contributed by atoms with Crippen LogP contribution in [0.2, 0.25) is 0 Å². The average molecular weight is 262 g/mol. The van der Waals surface area contributed by atoms with Gasteiger partial charge in [-0.15, -0.1) is 0 Å². The summed E-state index contributed by atoms with van der Waals surface area (Å²) in [6.45, 7) is 6.36. The summed E-state index contributed by atoms with van der Waals surface area (Å²) in [5.74, 6) is -1.07. The molecule has 2 atom stereocenters. The van der Waals surface area contributed by atoms with Crippen molar-refractivity contribution in [2.45, 2.75) is 46.2 Å². The summed E-state index contributed by atoms with van der Waals surface area (Å²) in [4.78, 5) is 25.1. The number of amides is 2. The van der Waals surface area contributed by atoms with Gasteiger partial charge >= 0.3 is 0 Å². The van der Waals surface area contributed by atoms with E-state index in [1.54, 1.807) is 27.7 Å². The van der Waals surface area contributed by atoms with Crippen molar-refractivity contribution < 1.29 is 18.4 Å². The van der Waals surface area contributed by atoms with E-state index in [2.05, 4.69) is 5.32 Å². The largest absolute Gasteiger partial charge is 0.342 e. The third-order valence-corrected chi connectivity index (χ3v) is 3.08. The van der Waals surface area contributed by atoms with Crippen LogP contribution in [0.4, 0.5) is 8.78 Å². The molecule has 2 unspecified atom stereocenters. The van der Waals surface area contributed by atoms with E-state index in [1.807, 2.05) is 0 Å². The van der Waals surface area contributed by atoms with E-state index in [0.717, 1.165) is 4.90 Å². The van der Waals surface area contributed by atoms with Crippen molar-refractivity contribution >= 4 is 11.8 Å². The third kappa shape index (κ3) is 2.97. The molecule has 0 aromatic rings. The molecule has 0 saturated carbocycles. The predicted octanol–water partition coefficient (Wildman–Crippen LogP) is 1.26. The average Bonchev–Trinajstić information content (AvgIpc) is 2.21. The summed E-state index contributed by atoms with van der Waals surface area (Å²) in [7, 11) is 0. The van der Waals surface area contributed by atoms with E-state index >= 15 is 0 Å². The first kappa shape index (κ1) is 14.9. The molecule has 1 aliphatic heterocycles. The quantitative estimate of drug-likeness (QED) is 0.829. The zero-order valence-electron chi connectivity index (χ0n) is 11.1. The molecule has 2 amide bonds. The Morgan fingerprint density at radius 1 is 1.17 bits per heavy atom. The fraction of sp³-hybridized carbons (Fsp3) is 0.833. The Morgan fingerprint density at radius 2 is 1.72 bits per heavy atom. The van der Waals surface area contributed by atoms with Gasteiger partial charge < -0.3 is 10.2 Å². The summed E-state index contributed by atoms with van der Waals surface area (Å²) in [5.41, 5.74) is 0. The Balaban J connectivity index is 3.00. The maximum Gasteiger partial charge on any atom is 0.255 e. The van der Waals surface area contributed by atoms with Crippen LogP contribution >= 0.6 is 0 Å². The van der Waals surface area contributed by atoms with Crippen molar-refractivity contribution in [3.8, 4) is 0 Å². The van der Waals surface area contributed by atoms with Crippen LogP contribution in [0.1, 0.15) is 27.7 Å². The first-order chi connectivity index (χ1) is 8.25. The second-order valence-corrected chi connectivity index (χ2v) is 5.30. The maximum atomic E-state index is 12.6. The molecule has 0 aromatic carbocycles. The van der Waals surface area contributed by atoms with Gasteiger partial charge in [0.2, 0.25) is 11.8 Å². The molecule has 0 radical (unpaired) electrons. The molecule has 1 aliphatic rings. The fourth-order valence-corrected chi connectivity index (χ4v) is 2.22. The van der Waals surface area contributed by atoms with Crippen LogP contribution in [0.5, 0.6) is 0 Å². The Bertz CT molecular complexity index is 332. The van der Waals surface area contributed by atoms with E-state index in [0.29, 0.717) is 0 Å². The minimum atomic E-state index is -2.63. The summed E-state index contributed by atoms with van der Waals surface area (Å²) in [5, 5.41) is 2.63. The molecule has 18 heavy (non-hydrogen) atoms. The zero-order valence-corrected chi connectivity index (χ0v) is 11.1. The van der Waals surface area contributed by atoms with Gasteiger partial charge in [-0.3, -0.25) is 9.59 Å². The number of hydrogen-bond donors (Lipinski definition) is 1. The summed E-state index contributed by atoms with van der Waals surface area (Å²) in [6, 6.07) is -1.51. The molecular formula is C12H20F2N2O2. The number of nitrogens with one attached hydrogen (secondary N) is 1. The molecule has 1 fully saturated rings. The lowest BCUT2D eigenvalue weighted by molar-refractivity contribution is -0.154. The van der Waals surface area contributed by atoms with Gasteiger partial charge in [-0.2, -0.15) is 0 Å². The van der Waals surface area contributed by atoms with Gasteiger partial charge in [-0.1, -0.05) is 27.7 Å². The van der Waals surface area contributed by atoms with Gasteiger partial charge in [0.25, 0.3) is 6.43 Å². The van der Waals surface area contributed by atoms with Crippen LogP contribution in [-0.2, 0) is 9.59 Å². The number of carbonyl (C=O) groups is 2. The number of piperazine rings is 1. The highest BCUT2D eigenvalue weighted by atomic mass is 19.3. The number of alkyl halides is 2. The van der Waals surface area contributed by atoms with Gasteiger partial charge in [0.15, 0.2) is 0 Å². The van der Waals surface area contributed by atoms with Gasteiger partial charge in [0.05, 0.1) is 6.54 Å². The van der Waals surface area contributed by atoms with Gasteiger partial charge in [0, 0.05) is 0 Å². The maximum absolute atomic E-state index is 12.6. The highest BCUT2D eigenvalue weighted by Crippen LogP contribution is 2.21. The SMILES string of the molecule is CC(C)C1NC(=O)C(C(C)C)N(CC(F)F)C1=O. The molecule has 1 heterocycles. The third-order valence-electron chi connectivity index (χ3n) is 3.08. The molecule has 0 aromatic heterocycles. The van der Waals surface area contributed by atoms with Crippen molar-refractivity contribution in [2.24, 2.45) is 11.8 Å². The number of hydrogen-bond acceptors (Lipinski definition) is 2. The highest BCUT2D eigenvalue weighted by Gasteiger charge is 2.43. The monoisotopic (exact) mass is 262 g/mol.